The number of hydrogen-bond acceptors (Lipinski definition) is 6. The summed E-state index contributed by atoms with van der Waals surface area (Å²) in [7, 11) is 0. The number of ether oxygens (including phenoxy) is 1. The number of carbonyl (C=O) groups is 3. The number of nitrogens with zero attached hydrogens (tertiary/aromatic N) is 4. The highest BCUT2D eigenvalue weighted by Crippen LogP contribution is 2.36. The fourth-order valence-corrected chi connectivity index (χ4v) is 6.42. The van der Waals surface area contributed by atoms with Crippen LogP contribution >= 0.6 is 11.8 Å². The monoisotopic (exact) mass is 590 g/mol. The number of carboxylic acid groups (broad SMARTS) is 1. The lowest BCUT2D eigenvalue weighted by molar-refractivity contribution is -0.138. The van der Waals surface area contributed by atoms with Crippen LogP contribution in [0, 0.1) is 0 Å². The summed E-state index contributed by atoms with van der Waals surface area (Å²) >= 11 is 1.30. The van der Waals surface area contributed by atoms with E-state index < -0.39 is 10.7 Å². The summed E-state index contributed by atoms with van der Waals surface area (Å²) in [4.78, 5) is 47.3. The van der Waals surface area contributed by atoms with Crippen LogP contribution in [0.15, 0.2) is 59.6 Å². The first-order chi connectivity index (χ1) is 20.2. The van der Waals surface area contributed by atoms with Crippen LogP contribution in [0.5, 0.6) is 5.75 Å². The van der Waals surface area contributed by atoms with E-state index in [1.54, 1.807) is 13.8 Å². The molecule has 1 fully saturated rings. The van der Waals surface area contributed by atoms with Crippen molar-refractivity contribution in [2.45, 2.75) is 75.1 Å². The molecule has 0 bridgehead atoms. The van der Waals surface area contributed by atoms with Gasteiger partial charge in [0.15, 0.2) is 6.61 Å². The number of thioether (sulfide) groups is 1. The van der Waals surface area contributed by atoms with Crippen molar-refractivity contribution in [3.05, 3.63) is 60.4 Å². The average molecular weight is 591 g/mol. The van der Waals surface area contributed by atoms with Gasteiger partial charge >= 0.3 is 5.97 Å². The van der Waals surface area contributed by atoms with Crippen LogP contribution in [0.4, 0.5) is 5.69 Å². The van der Waals surface area contributed by atoms with Crippen LogP contribution in [0.3, 0.4) is 0 Å². The van der Waals surface area contributed by atoms with Gasteiger partial charge in [-0.2, -0.15) is 0 Å². The van der Waals surface area contributed by atoms with Crippen LogP contribution in [-0.2, 0) is 16.1 Å². The van der Waals surface area contributed by atoms with Gasteiger partial charge in [0.05, 0.1) is 5.69 Å². The largest absolute Gasteiger partial charge is 0.482 e. The number of rotatable bonds is 10. The van der Waals surface area contributed by atoms with Crippen LogP contribution < -0.4 is 9.64 Å². The number of para-hydroxylation sites is 2. The Morgan fingerprint density at radius 3 is 2.48 bits per heavy atom. The molecule has 222 valence electrons. The Morgan fingerprint density at radius 2 is 1.79 bits per heavy atom. The van der Waals surface area contributed by atoms with Crippen molar-refractivity contribution in [2.24, 2.45) is 0 Å². The molecular formula is C32H38N4O5S. The number of carbonyl (C=O) groups excluding carboxylic acids is 2. The minimum absolute atomic E-state index is 0.0104. The first-order valence-corrected chi connectivity index (χ1v) is 15.4. The van der Waals surface area contributed by atoms with Crippen molar-refractivity contribution in [1.82, 2.24) is 14.5 Å². The maximum absolute atomic E-state index is 13.6. The van der Waals surface area contributed by atoms with Gasteiger partial charge in [0.1, 0.15) is 22.0 Å². The molecule has 2 aliphatic heterocycles. The quantitative estimate of drug-likeness (QED) is 0.238. The Bertz CT molecular complexity index is 1440. The topological polar surface area (TPSA) is 105 Å². The Labute approximate surface area is 250 Å². The summed E-state index contributed by atoms with van der Waals surface area (Å²) < 4.78 is 6.72. The fourth-order valence-electron chi connectivity index (χ4n) is 5.47. The van der Waals surface area contributed by atoms with Gasteiger partial charge in [0, 0.05) is 42.3 Å². The Balaban J connectivity index is 1.31. The molecule has 5 rings (SSSR count). The molecule has 0 atom stereocenters. The lowest BCUT2D eigenvalue weighted by Gasteiger charge is -2.40. The minimum atomic E-state index is -0.939. The smallest absolute Gasteiger partial charge is 0.319 e. The van der Waals surface area contributed by atoms with E-state index in [1.165, 1.54) is 11.8 Å². The lowest BCUT2D eigenvalue weighted by Crippen LogP contribution is -2.51. The highest BCUT2D eigenvalue weighted by molar-refractivity contribution is 8.01. The normalized spacial score (nSPS) is 15.8. The first kappa shape index (κ1) is 29.7. The third-order valence-electron chi connectivity index (χ3n) is 7.86. The molecule has 1 N–H and O–H groups in total. The molecule has 2 amide bonds. The van der Waals surface area contributed by atoms with Gasteiger partial charge in [-0.15, -0.1) is 11.8 Å². The van der Waals surface area contributed by atoms with E-state index in [1.807, 2.05) is 64.5 Å². The zero-order valence-corrected chi connectivity index (χ0v) is 25.2. The molecule has 1 saturated heterocycles. The summed E-state index contributed by atoms with van der Waals surface area (Å²) in [6, 6.07) is 15.3. The van der Waals surface area contributed by atoms with Crippen molar-refractivity contribution in [3.63, 3.8) is 0 Å². The Hall–Kier alpha value is -3.79. The van der Waals surface area contributed by atoms with Crippen molar-refractivity contribution in [3.8, 4) is 17.1 Å². The van der Waals surface area contributed by atoms with Gasteiger partial charge in [-0.3, -0.25) is 14.4 Å². The molecule has 2 aliphatic rings. The molecule has 9 nitrogen and oxygen atoms in total. The lowest BCUT2D eigenvalue weighted by atomic mass is 10.0. The summed E-state index contributed by atoms with van der Waals surface area (Å²) in [5.41, 5.74) is 2.09. The van der Waals surface area contributed by atoms with Crippen molar-refractivity contribution < 1.29 is 24.2 Å². The number of carboxylic acids is 1. The SMILES string of the molecule is CCCCCn1cc(C(=O)N2CCC(N3C(=O)COc4ccccc43)CC2)nc1-c1ccc(SC(C)(C)C(=O)O)cc1. The molecule has 3 heterocycles. The zero-order valence-electron chi connectivity index (χ0n) is 24.4. The number of hydrogen-bond donors (Lipinski definition) is 1. The van der Waals surface area contributed by atoms with Crippen LogP contribution in [0.2, 0.25) is 0 Å². The van der Waals surface area contributed by atoms with Crippen LogP contribution in [0.25, 0.3) is 11.4 Å². The molecule has 2 aromatic carbocycles. The molecule has 0 spiro atoms. The number of likely N-dealkylation sites (tertiary alicyclic amines) is 1. The number of fused-ring (bicyclic) bond motifs is 1. The number of benzene rings is 2. The van der Waals surface area contributed by atoms with Gasteiger partial charge < -0.3 is 24.2 Å². The number of imidazole rings is 1. The third-order valence-corrected chi connectivity index (χ3v) is 9.05. The number of aryl methyl sites for hydroxylation is 1. The number of piperidine rings is 1. The van der Waals surface area contributed by atoms with Crippen molar-refractivity contribution >= 4 is 35.2 Å². The Kier molecular flexibility index (Phi) is 8.91. The zero-order chi connectivity index (χ0) is 29.9. The number of unbranched alkanes of at least 4 members (excludes halogenated alkanes) is 2. The Morgan fingerprint density at radius 1 is 1.07 bits per heavy atom. The van der Waals surface area contributed by atoms with E-state index >= 15 is 0 Å². The average Bonchev–Trinajstić information content (AvgIpc) is 3.41. The number of aromatic nitrogens is 2. The molecule has 3 aromatic rings. The predicted molar refractivity (Wildman–Crippen MR) is 163 cm³/mol. The highest BCUT2D eigenvalue weighted by atomic mass is 32.2. The molecule has 0 saturated carbocycles. The summed E-state index contributed by atoms with van der Waals surface area (Å²) in [5, 5.41) is 9.48. The molecule has 1 aromatic heterocycles. The molecule has 10 heteroatoms. The van der Waals surface area contributed by atoms with Crippen LogP contribution in [0.1, 0.15) is 63.4 Å². The standard InChI is InChI=1S/C32H38N4O5S/c1-4-5-8-17-35-20-25(33-29(35)22-11-13-24(14-12-22)42-32(2,3)31(39)40)30(38)34-18-15-23(16-19-34)36-26-9-6-7-10-27(26)41-21-28(36)37/h6-7,9-14,20,23H,4-5,8,15-19,21H2,1-3H3,(H,39,40). The maximum Gasteiger partial charge on any atom is 0.319 e. The number of anilines is 1. The third kappa shape index (κ3) is 6.33. The summed E-state index contributed by atoms with van der Waals surface area (Å²) in [6.45, 7) is 7.40. The second kappa shape index (κ2) is 12.6. The highest BCUT2D eigenvalue weighted by Gasteiger charge is 2.35. The van der Waals surface area contributed by atoms with Crippen molar-refractivity contribution in [1.29, 1.82) is 0 Å². The van der Waals surface area contributed by atoms with Gasteiger partial charge in [0.2, 0.25) is 0 Å². The minimum Gasteiger partial charge on any atom is -0.482 e. The molecule has 0 aliphatic carbocycles. The predicted octanol–water partition coefficient (Wildman–Crippen LogP) is 5.73. The van der Waals surface area contributed by atoms with Gasteiger partial charge in [-0.05, 0) is 57.4 Å². The summed E-state index contributed by atoms with van der Waals surface area (Å²) in [6.07, 6.45) is 6.37. The van der Waals surface area contributed by atoms with E-state index in [9.17, 15) is 19.5 Å². The van der Waals surface area contributed by atoms with E-state index in [4.69, 9.17) is 9.72 Å². The number of aliphatic carboxylic acids is 1. The molecule has 0 unspecified atom stereocenters. The maximum atomic E-state index is 13.6. The van der Waals surface area contributed by atoms with E-state index in [2.05, 4.69) is 11.5 Å². The second-order valence-electron chi connectivity index (χ2n) is 11.3. The van der Waals surface area contributed by atoms with Crippen LogP contribution in [-0.4, -0.2) is 67.8 Å². The number of amides is 2. The first-order valence-electron chi connectivity index (χ1n) is 14.6. The van der Waals surface area contributed by atoms with Gasteiger partial charge in [0.25, 0.3) is 11.8 Å². The second-order valence-corrected chi connectivity index (χ2v) is 13.0. The van der Waals surface area contributed by atoms with E-state index in [0.29, 0.717) is 37.4 Å². The molecule has 42 heavy (non-hydrogen) atoms. The molecule has 0 radical (unpaired) electrons. The van der Waals surface area contributed by atoms with Gasteiger partial charge in [-0.25, -0.2) is 4.98 Å². The van der Waals surface area contributed by atoms with E-state index in [0.717, 1.165) is 47.8 Å². The van der Waals surface area contributed by atoms with Gasteiger partial charge in [-0.1, -0.05) is 44.0 Å². The fraction of sp³-hybridized carbons (Fsp3) is 0.438. The van der Waals surface area contributed by atoms with E-state index in [-0.39, 0.29) is 24.5 Å². The molecular weight excluding hydrogens is 552 g/mol. The van der Waals surface area contributed by atoms with Crippen molar-refractivity contribution in [2.75, 3.05) is 24.6 Å². The summed E-state index contributed by atoms with van der Waals surface area (Å²) in [5.74, 6) is 0.428.